The van der Waals surface area contributed by atoms with Crippen LogP contribution >= 0.6 is 0 Å². The SMILES string of the molecule is C=CCN(CC(=O)O)c1cc(C)ccc1[N+](=O)[O-]. The number of rotatable bonds is 6. The molecule has 0 atom stereocenters. The highest BCUT2D eigenvalue weighted by atomic mass is 16.6. The molecule has 0 aliphatic carbocycles. The van der Waals surface area contributed by atoms with Gasteiger partial charge in [0.1, 0.15) is 12.2 Å². The lowest BCUT2D eigenvalue weighted by Crippen LogP contribution is -2.30. The van der Waals surface area contributed by atoms with E-state index in [4.69, 9.17) is 5.11 Å². The van der Waals surface area contributed by atoms with Gasteiger partial charge in [0.05, 0.1) is 4.92 Å². The lowest BCUT2D eigenvalue weighted by molar-refractivity contribution is -0.384. The van der Waals surface area contributed by atoms with Crippen LogP contribution in [0.3, 0.4) is 0 Å². The monoisotopic (exact) mass is 250 g/mol. The van der Waals surface area contributed by atoms with Crippen molar-refractivity contribution in [3.8, 4) is 0 Å². The summed E-state index contributed by atoms with van der Waals surface area (Å²) in [6.07, 6.45) is 1.51. The van der Waals surface area contributed by atoms with Crippen LogP contribution in [0.1, 0.15) is 5.56 Å². The predicted molar refractivity (Wildman–Crippen MR) is 67.9 cm³/mol. The number of aryl methyl sites for hydroxylation is 1. The second-order valence-corrected chi connectivity index (χ2v) is 3.81. The molecule has 1 aromatic rings. The maximum absolute atomic E-state index is 10.9. The second-order valence-electron chi connectivity index (χ2n) is 3.81. The molecule has 1 rings (SSSR count). The molecule has 96 valence electrons. The summed E-state index contributed by atoms with van der Waals surface area (Å²) >= 11 is 0. The van der Waals surface area contributed by atoms with Crippen molar-refractivity contribution in [1.82, 2.24) is 0 Å². The van der Waals surface area contributed by atoms with Gasteiger partial charge in [-0.25, -0.2) is 0 Å². The zero-order chi connectivity index (χ0) is 13.7. The van der Waals surface area contributed by atoms with Crippen molar-refractivity contribution in [2.24, 2.45) is 0 Å². The number of aliphatic carboxylic acids is 1. The Kier molecular flexibility index (Phi) is 4.42. The summed E-state index contributed by atoms with van der Waals surface area (Å²) in [5, 5.41) is 19.8. The fraction of sp³-hybridized carbons (Fsp3) is 0.250. The number of nitro groups is 1. The molecule has 0 aliphatic rings. The molecular formula is C12H14N2O4. The van der Waals surface area contributed by atoms with Crippen LogP contribution in [0.4, 0.5) is 11.4 Å². The van der Waals surface area contributed by atoms with Crippen LogP contribution in [-0.4, -0.2) is 29.1 Å². The normalized spacial score (nSPS) is 9.83. The third kappa shape index (κ3) is 3.31. The number of benzene rings is 1. The average molecular weight is 250 g/mol. The number of hydrogen-bond acceptors (Lipinski definition) is 4. The molecule has 0 heterocycles. The fourth-order valence-corrected chi connectivity index (χ4v) is 1.61. The molecule has 0 spiro atoms. The van der Waals surface area contributed by atoms with Crippen molar-refractivity contribution >= 4 is 17.3 Å². The molecule has 1 aromatic carbocycles. The van der Waals surface area contributed by atoms with Crippen molar-refractivity contribution in [3.63, 3.8) is 0 Å². The Morgan fingerprint density at radius 3 is 2.78 bits per heavy atom. The van der Waals surface area contributed by atoms with Crippen LogP contribution in [0.25, 0.3) is 0 Å². The third-order valence-corrected chi connectivity index (χ3v) is 2.34. The summed E-state index contributed by atoms with van der Waals surface area (Å²) < 4.78 is 0. The number of hydrogen-bond donors (Lipinski definition) is 1. The van der Waals surface area contributed by atoms with Crippen LogP contribution in [0, 0.1) is 17.0 Å². The molecule has 0 saturated carbocycles. The maximum Gasteiger partial charge on any atom is 0.323 e. The van der Waals surface area contributed by atoms with Crippen molar-refractivity contribution in [2.45, 2.75) is 6.92 Å². The predicted octanol–water partition coefficient (Wildman–Crippen LogP) is 1.98. The molecule has 0 unspecified atom stereocenters. The molecule has 0 aromatic heterocycles. The van der Waals surface area contributed by atoms with Gasteiger partial charge in [-0.3, -0.25) is 14.9 Å². The second kappa shape index (κ2) is 5.81. The third-order valence-electron chi connectivity index (χ3n) is 2.34. The average Bonchev–Trinajstić information content (AvgIpc) is 2.27. The highest BCUT2D eigenvalue weighted by Gasteiger charge is 2.20. The Morgan fingerprint density at radius 1 is 1.61 bits per heavy atom. The van der Waals surface area contributed by atoms with Crippen molar-refractivity contribution in [1.29, 1.82) is 0 Å². The minimum absolute atomic E-state index is 0.108. The minimum Gasteiger partial charge on any atom is -0.480 e. The van der Waals surface area contributed by atoms with Gasteiger partial charge in [-0.1, -0.05) is 12.1 Å². The first-order chi connectivity index (χ1) is 8.45. The van der Waals surface area contributed by atoms with Crippen molar-refractivity contribution in [2.75, 3.05) is 18.0 Å². The standard InChI is InChI=1S/C12H14N2O4/c1-3-6-13(8-12(15)16)11-7-9(2)4-5-10(11)14(17)18/h3-5,7H,1,6,8H2,2H3,(H,15,16). The van der Waals surface area contributed by atoms with Gasteiger partial charge in [-0.05, 0) is 18.6 Å². The summed E-state index contributed by atoms with van der Waals surface area (Å²) in [5.74, 6) is -1.05. The first-order valence-electron chi connectivity index (χ1n) is 5.28. The molecule has 0 aliphatic heterocycles. The Hall–Kier alpha value is -2.37. The summed E-state index contributed by atoms with van der Waals surface area (Å²) in [4.78, 5) is 22.6. The van der Waals surface area contributed by atoms with E-state index in [1.807, 2.05) is 0 Å². The van der Waals surface area contributed by atoms with E-state index in [-0.39, 0.29) is 18.8 Å². The van der Waals surface area contributed by atoms with Crippen LogP contribution < -0.4 is 4.90 Å². The molecule has 18 heavy (non-hydrogen) atoms. The molecule has 6 nitrogen and oxygen atoms in total. The van der Waals surface area contributed by atoms with E-state index in [1.165, 1.54) is 17.0 Å². The Balaban J connectivity index is 3.23. The quantitative estimate of drug-likeness (QED) is 0.474. The van der Waals surface area contributed by atoms with E-state index >= 15 is 0 Å². The zero-order valence-electron chi connectivity index (χ0n) is 10.00. The highest BCUT2D eigenvalue weighted by Crippen LogP contribution is 2.28. The Morgan fingerprint density at radius 2 is 2.28 bits per heavy atom. The molecule has 0 radical (unpaired) electrons. The van der Waals surface area contributed by atoms with Gasteiger partial charge in [0.15, 0.2) is 0 Å². The number of carbonyl (C=O) groups is 1. The Labute approximate surface area is 104 Å². The van der Waals surface area contributed by atoms with E-state index in [2.05, 4.69) is 6.58 Å². The molecule has 1 N–H and O–H groups in total. The van der Waals surface area contributed by atoms with Gasteiger partial charge in [-0.15, -0.1) is 6.58 Å². The smallest absolute Gasteiger partial charge is 0.323 e. The van der Waals surface area contributed by atoms with E-state index in [0.29, 0.717) is 5.69 Å². The van der Waals surface area contributed by atoms with Gasteiger partial charge in [0, 0.05) is 12.6 Å². The van der Waals surface area contributed by atoms with Gasteiger partial charge < -0.3 is 10.0 Å². The van der Waals surface area contributed by atoms with Gasteiger partial charge in [0.2, 0.25) is 0 Å². The molecule has 0 amide bonds. The molecule has 0 bridgehead atoms. The zero-order valence-corrected chi connectivity index (χ0v) is 10.00. The number of carboxylic acids is 1. The number of nitrogens with zero attached hydrogens (tertiary/aromatic N) is 2. The molecular weight excluding hydrogens is 236 g/mol. The topological polar surface area (TPSA) is 83.7 Å². The van der Waals surface area contributed by atoms with E-state index < -0.39 is 10.9 Å². The lowest BCUT2D eigenvalue weighted by Gasteiger charge is -2.21. The number of nitro benzene ring substituents is 1. The summed E-state index contributed by atoms with van der Waals surface area (Å²) in [7, 11) is 0. The van der Waals surface area contributed by atoms with E-state index in [9.17, 15) is 14.9 Å². The fourth-order valence-electron chi connectivity index (χ4n) is 1.61. The van der Waals surface area contributed by atoms with Gasteiger partial charge >= 0.3 is 5.97 Å². The summed E-state index contributed by atoms with van der Waals surface area (Å²) in [5.41, 5.74) is 1.01. The van der Waals surface area contributed by atoms with Crippen LogP contribution in [-0.2, 0) is 4.79 Å². The van der Waals surface area contributed by atoms with E-state index in [0.717, 1.165) is 5.56 Å². The minimum atomic E-state index is -1.05. The number of carboxylic acid groups (broad SMARTS) is 1. The van der Waals surface area contributed by atoms with Crippen LogP contribution in [0.2, 0.25) is 0 Å². The highest BCUT2D eigenvalue weighted by molar-refractivity contribution is 5.76. The Bertz CT molecular complexity index is 485. The molecule has 0 saturated heterocycles. The van der Waals surface area contributed by atoms with Crippen LogP contribution in [0.5, 0.6) is 0 Å². The molecule has 6 heteroatoms. The largest absolute Gasteiger partial charge is 0.480 e. The molecule has 0 fully saturated rings. The maximum atomic E-state index is 10.9. The van der Waals surface area contributed by atoms with Crippen molar-refractivity contribution in [3.05, 3.63) is 46.5 Å². The first-order valence-corrected chi connectivity index (χ1v) is 5.28. The van der Waals surface area contributed by atoms with E-state index in [1.54, 1.807) is 19.1 Å². The summed E-state index contributed by atoms with van der Waals surface area (Å²) in [6.45, 7) is 5.24. The van der Waals surface area contributed by atoms with Gasteiger partial charge in [-0.2, -0.15) is 0 Å². The number of anilines is 1. The van der Waals surface area contributed by atoms with Gasteiger partial charge in [0.25, 0.3) is 5.69 Å². The first kappa shape index (κ1) is 13.7. The van der Waals surface area contributed by atoms with Crippen molar-refractivity contribution < 1.29 is 14.8 Å². The van der Waals surface area contributed by atoms with Crippen LogP contribution in [0.15, 0.2) is 30.9 Å². The summed E-state index contributed by atoms with van der Waals surface area (Å²) in [6, 6.07) is 4.60. The lowest BCUT2D eigenvalue weighted by atomic mass is 10.1.